The van der Waals surface area contributed by atoms with Gasteiger partial charge >= 0.3 is 0 Å². The van der Waals surface area contributed by atoms with Crippen LogP contribution >= 0.6 is 0 Å². The Morgan fingerprint density at radius 3 is 2.85 bits per heavy atom. The molecule has 0 saturated carbocycles. The molecular formula is C8H10N4O. The van der Waals surface area contributed by atoms with Crippen molar-refractivity contribution < 1.29 is 4.74 Å². The monoisotopic (exact) mass is 178 g/mol. The van der Waals surface area contributed by atoms with E-state index in [-0.39, 0.29) is 0 Å². The van der Waals surface area contributed by atoms with Crippen LogP contribution in [0.15, 0.2) is 12.4 Å². The van der Waals surface area contributed by atoms with Gasteiger partial charge in [0.05, 0.1) is 19.0 Å². The number of nitrogens with zero attached hydrogens (tertiary/aromatic N) is 3. The van der Waals surface area contributed by atoms with Gasteiger partial charge in [0.1, 0.15) is 5.82 Å². The summed E-state index contributed by atoms with van der Waals surface area (Å²) >= 11 is 0. The van der Waals surface area contributed by atoms with Gasteiger partial charge in [-0.2, -0.15) is 4.98 Å². The third kappa shape index (κ3) is 1.18. The van der Waals surface area contributed by atoms with Crippen LogP contribution in [0.25, 0.3) is 5.65 Å². The van der Waals surface area contributed by atoms with Crippen molar-refractivity contribution >= 4 is 11.5 Å². The molecule has 0 spiro atoms. The Bertz CT molecular complexity index is 449. The van der Waals surface area contributed by atoms with Crippen LogP contribution in [0, 0.1) is 6.92 Å². The van der Waals surface area contributed by atoms with Crippen molar-refractivity contribution in [1.29, 1.82) is 0 Å². The summed E-state index contributed by atoms with van der Waals surface area (Å²) in [5.41, 5.74) is 7.17. The Labute approximate surface area is 75.2 Å². The van der Waals surface area contributed by atoms with Gasteiger partial charge in [-0.25, -0.2) is 4.98 Å². The van der Waals surface area contributed by atoms with Gasteiger partial charge in [0.25, 0.3) is 5.88 Å². The molecule has 2 aromatic rings. The normalized spacial score (nSPS) is 10.6. The number of hydrogen-bond donors (Lipinski definition) is 1. The fourth-order valence-corrected chi connectivity index (χ4v) is 1.25. The lowest BCUT2D eigenvalue weighted by Gasteiger charge is -2.01. The van der Waals surface area contributed by atoms with E-state index in [1.54, 1.807) is 17.7 Å². The van der Waals surface area contributed by atoms with Crippen LogP contribution in [-0.4, -0.2) is 21.5 Å². The highest BCUT2D eigenvalue weighted by Gasteiger charge is 2.06. The second-order valence-corrected chi connectivity index (χ2v) is 2.79. The molecule has 13 heavy (non-hydrogen) atoms. The van der Waals surface area contributed by atoms with Crippen LogP contribution in [0.1, 0.15) is 5.69 Å². The predicted molar refractivity (Wildman–Crippen MR) is 48.7 cm³/mol. The molecule has 5 nitrogen and oxygen atoms in total. The van der Waals surface area contributed by atoms with Crippen molar-refractivity contribution in [2.24, 2.45) is 0 Å². The minimum absolute atomic E-state index is 0.418. The topological polar surface area (TPSA) is 65.4 Å². The maximum absolute atomic E-state index is 5.57. The number of aromatic nitrogens is 3. The van der Waals surface area contributed by atoms with Crippen molar-refractivity contribution in [3.63, 3.8) is 0 Å². The van der Waals surface area contributed by atoms with Crippen LogP contribution in [-0.2, 0) is 0 Å². The van der Waals surface area contributed by atoms with Crippen LogP contribution < -0.4 is 10.5 Å². The zero-order chi connectivity index (χ0) is 9.42. The average Bonchev–Trinajstić information content (AvgIpc) is 2.43. The number of fused-ring (bicyclic) bond motifs is 1. The molecule has 5 heteroatoms. The van der Waals surface area contributed by atoms with Gasteiger partial charge in [-0.3, -0.25) is 4.40 Å². The molecular weight excluding hydrogens is 168 g/mol. The third-order valence-corrected chi connectivity index (χ3v) is 1.74. The molecule has 0 bridgehead atoms. The summed E-state index contributed by atoms with van der Waals surface area (Å²) in [4.78, 5) is 8.25. The van der Waals surface area contributed by atoms with Gasteiger partial charge in [-0.1, -0.05) is 0 Å². The Balaban J connectivity index is 2.80. The quantitative estimate of drug-likeness (QED) is 0.695. The summed E-state index contributed by atoms with van der Waals surface area (Å²) < 4.78 is 6.85. The van der Waals surface area contributed by atoms with Gasteiger partial charge in [0, 0.05) is 6.20 Å². The van der Waals surface area contributed by atoms with E-state index in [2.05, 4.69) is 9.97 Å². The minimum atomic E-state index is 0.418. The molecule has 2 heterocycles. The SMILES string of the molecule is COc1nc(N)cn2cc(C)nc12. The number of nitrogens with two attached hydrogens (primary N) is 1. The second-order valence-electron chi connectivity index (χ2n) is 2.79. The Hall–Kier alpha value is -1.78. The predicted octanol–water partition coefficient (Wildman–Crippen LogP) is 0.629. The first kappa shape index (κ1) is 7.85. The summed E-state index contributed by atoms with van der Waals surface area (Å²) in [5, 5.41) is 0. The number of rotatable bonds is 1. The highest BCUT2D eigenvalue weighted by molar-refractivity contribution is 5.53. The van der Waals surface area contributed by atoms with E-state index >= 15 is 0 Å². The van der Waals surface area contributed by atoms with E-state index in [9.17, 15) is 0 Å². The zero-order valence-corrected chi connectivity index (χ0v) is 7.48. The molecule has 2 N–H and O–H groups in total. The van der Waals surface area contributed by atoms with Crippen LogP contribution in [0.2, 0.25) is 0 Å². The zero-order valence-electron chi connectivity index (χ0n) is 7.48. The first-order valence-corrected chi connectivity index (χ1v) is 3.86. The molecule has 0 aromatic carbocycles. The smallest absolute Gasteiger partial charge is 0.260 e. The van der Waals surface area contributed by atoms with E-state index in [0.717, 1.165) is 5.69 Å². The van der Waals surface area contributed by atoms with E-state index in [1.165, 1.54) is 0 Å². The standard InChI is InChI=1S/C8H10N4O/c1-5-3-12-4-6(9)11-8(13-2)7(12)10-5/h3-4H,9H2,1-2H3. The fraction of sp³-hybridized carbons (Fsp3) is 0.250. The molecule has 0 radical (unpaired) electrons. The van der Waals surface area contributed by atoms with Gasteiger partial charge in [0.2, 0.25) is 5.65 Å². The maximum Gasteiger partial charge on any atom is 0.260 e. The van der Waals surface area contributed by atoms with Crippen LogP contribution in [0.5, 0.6) is 5.88 Å². The highest BCUT2D eigenvalue weighted by Crippen LogP contribution is 2.17. The highest BCUT2D eigenvalue weighted by atomic mass is 16.5. The summed E-state index contributed by atoms with van der Waals surface area (Å²) in [6.07, 6.45) is 3.58. The third-order valence-electron chi connectivity index (χ3n) is 1.74. The summed E-state index contributed by atoms with van der Waals surface area (Å²) in [6, 6.07) is 0. The molecule has 0 atom stereocenters. The molecule has 0 saturated heterocycles. The Morgan fingerprint density at radius 2 is 2.15 bits per heavy atom. The molecule has 0 fully saturated rings. The number of hydrogen-bond acceptors (Lipinski definition) is 4. The van der Waals surface area contributed by atoms with Crippen LogP contribution in [0.3, 0.4) is 0 Å². The van der Waals surface area contributed by atoms with Crippen molar-refractivity contribution in [2.45, 2.75) is 6.92 Å². The first-order chi connectivity index (χ1) is 6.20. The molecule has 0 aliphatic heterocycles. The second kappa shape index (κ2) is 2.62. The minimum Gasteiger partial charge on any atom is -0.478 e. The molecule has 68 valence electrons. The van der Waals surface area contributed by atoms with Crippen LogP contribution in [0.4, 0.5) is 5.82 Å². The lowest BCUT2D eigenvalue weighted by atomic mass is 10.6. The summed E-state index contributed by atoms with van der Waals surface area (Å²) in [6.45, 7) is 1.91. The van der Waals surface area contributed by atoms with Gasteiger partial charge in [0.15, 0.2) is 0 Å². The number of imidazole rings is 1. The van der Waals surface area contributed by atoms with E-state index in [4.69, 9.17) is 10.5 Å². The van der Waals surface area contributed by atoms with E-state index < -0.39 is 0 Å². The number of nitrogen functional groups attached to an aromatic ring is 1. The molecule has 2 rings (SSSR count). The number of aryl methyl sites for hydroxylation is 1. The van der Waals surface area contributed by atoms with Crippen molar-refractivity contribution in [1.82, 2.24) is 14.4 Å². The lowest BCUT2D eigenvalue weighted by molar-refractivity contribution is 0.401. The van der Waals surface area contributed by atoms with E-state index in [1.807, 2.05) is 13.1 Å². The summed E-state index contributed by atoms with van der Waals surface area (Å²) in [7, 11) is 1.55. The van der Waals surface area contributed by atoms with E-state index in [0.29, 0.717) is 17.3 Å². The number of anilines is 1. The first-order valence-electron chi connectivity index (χ1n) is 3.86. The molecule has 2 aromatic heterocycles. The lowest BCUT2D eigenvalue weighted by Crippen LogP contribution is -1.98. The number of methoxy groups -OCH3 is 1. The largest absolute Gasteiger partial charge is 0.478 e. The van der Waals surface area contributed by atoms with Gasteiger partial charge < -0.3 is 10.5 Å². The number of ether oxygens (including phenoxy) is 1. The van der Waals surface area contributed by atoms with Gasteiger partial charge in [-0.15, -0.1) is 0 Å². The van der Waals surface area contributed by atoms with Crippen molar-refractivity contribution in [2.75, 3.05) is 12.8 Å². The molecule has 0 aliphatic rings. The summed E-state index contributed by atoms with van der Waals surface area (Å²) in [5.74, 6) is 0.870. The van der Waals surface area contributed by atoms with Crippen molar-refractivity contribution in [3.8, 4) is 5.88 Å². The fourth-order valence-electron chi connectivity index (χ4n) is 1.25. The average molecular weight is 178 g/mol. The molecule has 0 unspecified atom stereocenters. The molecule has 0 amide bonds. The van der Waals surface area contributed by atoms with Gasteiger partial charge in [-0.05, 0) is 6.92 Å². The Kier molecular flexibility index (Phi) is 1.58. The Morgan fingerprint density at radius 1 is 1.38 bits per heavy atom. The maximum atomic E-state index is 5.57. The molecule has 0 aliphatic carbocycles. The van der Waals surface area contributed by atoms with Crippen molar-refractivity contribution in [3.05, 3.63) is 18.1 Å².